The lowest BCUT2D eigenvalue weighted by molar-refractivity contribution is -0.132. The molecule has 26 heavy (non-hydrogen) atoms. The van der Waals surface area contributed by atoms with Crippen molar-refractivity contribution >= 4 is 33.9 Å². The molecule has 1 aliphatic rings. The summed E-state index contributed by atoms with van der Waals surface area (Å²) in [6.07, 6.45) is 1.83. The van der Waals surface area contributed by atoms with Gasteiger partial charge in [-0.2, -0.15) is 5.10 Å². The first kappa shape index (κ1) is 16.2. The molecule has 1 amide bonds. The SMILES string of the molecule is C/C(C[C@@]1(O)C(=O)Nc2ccccc21)=N/Nc1cccc2cccnc12. The Balaban J connectivity index is 1.58. The van der Waals surface area contributed by atoms with Crippen molar-refractivity contribution in [2.45, 2.75) is 18.9 Å². The van der Waals surface area contributed by atoms with Crippen molar-refractivity contribution in [3.63, 3.8) is 0 Å². The van der Waals surface area contributed by atoms with Crippen LogP contribution in [0.25, 0.3) is 10.9 Å². The molecule has 0 fully saturated rings. The maximum absolute atomic E-state index is 12.3. The second kappa shape index (κ2) is 6.24. The number of pyridine rings is 1. The smallest absolute Gasteiger partial charge is 0.261 e. The van der Waals surface area contributed by atoms with Crippen LogP contribution in [-0.2, 0) is 10.4 Å². The van der Waals surface area contributed by atoms with Gasteiger partial charge in [0.05, 0.1) is 11.2 Å². The Hall–Kier alpha value is -3.25. The molecule has 0 unspecified atom stereocenters. The van der Waals surface area contributed by atoms with Crippen LogP contribution >= 0.6 is 0 Å². The Bertz CT molecular complexity index is 1030. The van der Waals surface area contributed by atoms with E-state index in [1.807, 2.05) is 36.4 Å². The summed E-state index contributed by atoms with van der Waals surface area (Å²) in [5, 5.41) is 19.0. The number of hydrogen-bond acceptors (Lipinski definition) is 5. The zero-order chi connectivity index (χ0) is 18.1. The molecule has 2 heterocycles. The van der Waals surface area contributed by atoms with E-state index in [0.29, 0.717) is 17.0 Å². The van der Waals surface area contributed by atoms with Gasteiger partial charge >= 0.3 is 0 Å². The van der Waals surface area contributed by atoms with E-state index in [1.165, 1.54) is 0 Å². The molecule has 0 radical (unpaired) electrons. The second-order valence-electron chi connectivity index (χ2n) is 6.38. The number of rotatable bonds is 4. The average molecular weight is 346 g/mol. The molecule has 6 nitrogen and oxygen atoms in total. The van der Waals surface area contributed by atoms with Gasteiger partial charge in [-0.15, -0.1) is 0 Å². The molecule has 0 saturated heterocycles. The lowest BCUT2D eigenvalue weighted by Gasteiger charge is -2.20. The highest BCUT2D eigenvalue weighted by atomic mass is 16.3. The molecule has 0 saturated carbocycles. The molecule has 6 heteroatoms. The molecule has 0 spiro atoms. The first-order valence-corrected chi connectivity index (χ1v) is 8.34. The molecule has 0 bridgehead atoms. The minimum absolute atomic E-state index is 0.0983. The molecule has 3 aromatic rings. The number of aliphatic hydroxyl groups is 1. The highest BCUT2D eigenvalue weighted by Crippen LogP contribution is 2.38. The molecule has 1 aromatic heterocycles. The van der Waals surface area contributed by atoms with Crippen molar-refractivity contribution in [1.29, 1.82) is 0 Å². The maximum atomic E-state index is 12.3. The van der Waals surface area contributed by atoms with E-state index < -0.39 is 11.5 Å². The Morgan fingerprint density at radius 1 is 1.19 bits per heavy atom. The number of hydrazone groups is 1. The molecular formula is C20H18N4O2. The first-order chi connectivity index (χ1) is 12.6. The number of anilines is 2. The number of nitrogens with zero attached hydrogens (tertiary/aromatic N) is 2. The quantitative estimate of drug-likeness (QED) is 0.500. The van der Waals surface area contributed by atoms with E-state index >= 15 is 0 Å². The molecular weight excluding hydrogens is 328 g/mol. The van der Waals surface area contributed by atoms with Gasteiger partial charge in [0.25, 0.3) is 5.91 Å². The predicted molar refractivity (Wildman–Crippen MR) is 102 cm³/mol. The summed E-state index contributed by atoms with van der Waals surface area (Å²) in [7, 11) is 0. The normalized spacial score (nSPS) is 19.3. The summed E-state index contributed by atoms with van der Waals surface area (Å²) >= 11 is 0. The lowest BCUT2D eigenvalue weighted by Crippen LogP contribution is -2.36. The van der Waals surface area contributed by atoms with Gasteiger partial charge in [-0.3, -0.25) is 15.2 Å². The number of nitrogens with one attached hydrogen (secondary N) is 2. The van der Waals surface area contributed by atoms with E-state index in [1.54, 1.807) is 31.3 Å². The predicted octanol–water partition coefficient (Wildman–Crippen LogP) is 3.25. The molecule has 0 aliphatic carbocycles. The monoisotopic (exact) mass is 346 g/mol. The van der Waals surface area contributed by atoms with Crippen molar-refractivity contribution in [2.75, 3.05) is 10.7 Å². The fraction of sp³-hybridized carbons (Fsp3) is 0.150. The fourth-order valence-electron chi connectivity index (χ4n) is 3.24. The summed E-state index contributed by atoms with van der Waals surface area (Å²) in [5.41, 5.74) is 4.79. The number of benzene rings is 2. The van der Waals surface area contributed by atoms with E-state index in [0.717, 1.165) is 16.6 Å². The standard InChI is InChI=1S/C20H18N4O2/c1-13(12-20(26)15-8-2-3-9-16(15)22-19(20)25)23-24-17-10-4-6-14-7-5-11-21-18(14)17/h2-11,24,26H,12H2,1H3,(H,22,25)/b23-13-/t20-/m0/s1. The third-order valence-corrected chi connectivity index (χ3v) is 4.51. The van der Waals surface area contributed by atoms with Crippen LogP contribution < -0.4 is 10.7 Å². The second-order valence-corrected chi connectivity index (χ2v) is 6.38. The van der Waals surface area contributed by atoms with E-state index in [2.05, 4.69) is 20.8 Å². The van der Waals surface area contributed by atoms with Crippen LogP contribution in [0.15, 0.2) is 65.9 Å². The van der Waals surface area contributed by atoms with Gasteiger partial charge in [0, 0.05) is 35.0 Å². The summed E-state index contributed by atoms with van der Waals surface area (Å²) < 4.78 is 0. The molecule has 130 valence electrons. The van der Waals surface area contributed by atoms with Gasteiger partial charge in [0.1, 0.15) is 0 Å². The summed E-state index contributed by atoms with van der Waals surface area (Å²) in [6.45, 7) is 1.78. The van der Waals surface area contributed by atoms with Gasteiger partial charge in [0.2, 0.25) is 0 Å². The van der Waals surface area contributed by atoms with Gasteiger partial charge in [-0.05, 0) is 25.1 Å². The number of hydrogen-bond donors (Lipinski definition) is 3. The molecule has 3 N–H and O–H groups in total. The number of carbonyl (C=O) groups is 1. The van der Waals surface area contributed by atoms with Crippen molar-refractivity contribution in [2.24, 2.45) is 5.10 Å². The Morgan fingerprint density at radius 2 is 2.00 bits per heavy atom. The van der Waals surface area contributed by atoms with Crippen LogP contribution in [-0.4, -0.2) is 21.7 Å². The number of amides is 1. The minimum atomic E-state index is -1.61. The molecule has 1 atom stereocenters. The number of aromatic nitrogens is 1. The van der Waals surface area contributed by atoms with Gasteiger partial charge < -0.3 is 10.4 Å². The minimum Gasteiger partial charge on any atom is -0.375 e. The number of carbonyl (C=O) groups excluding carboxylic acids is 1. The van der Waals surface area contributed by atoms with Crippen molar-refractivity contribution in [1.82, 2.24) is 4.98 Å². The summed E-state index contributed by atoms with van der Waals surface area (Å²) in [6, 6.07) is 16.8. The maximum Gasteiger partial charge on any atom is 0.261 e. The van der Waals surface area contributed by atoms with Crippen molar-refractivity contribution in [3.05, 3.63) is 66.4 Å². The van der Waals surface area contributed by atoms with Crippen LogP contribution in [0.3, 0.4) is 0 Å². The highest BCUT2D eigenvalue weighted by Gasteiger charge is 2.45. The Morgan fingerprint density at radius 3 is 2.88 bits per heavy atom. The zero-order valence-corrected chi connectivity index (χ0v) is 14.2. The van der Waals surface area contributed by atoms with Crippen LogP contribution in [0.1, 0.15) is 18.9 Å². The van der Waals surface area contributed by atoms with Crippen LogP contribution in [0.4, 0.5) is 11.4 Å². The number of para-hydroxylation sites is 2. The van der Waals surface area contributed by atoms with Crippen LogP contribution in [0.2, 0.25) is 0 Å². The largest absolute Gasteiger partial charge is 0.375 e. The highest BCUT2D eigenvalue weighted by molar-refractivity contribution is 6.07. The molecule has 2 aromatic carbocycles. The Kier molecular flexibility index (Phi) is 3.89. The number of fused-ring (bicyclic) bond motifs is 2. The first-order valence-electron chi connectivity index (χ1n) is 8.34. The van der Waals surface area contributed by atoms with Crippen molar-refractivity contribution in [3.8, 4) is 0 Å². The summed E-state index contributed by atoms with van der Waals surface area (Å²) in [4.78, 5) is 16.7. The molecule has 1 aliphatic heterocycles. The van der Waals surface area contributed by atoms with Gasteiger partial charge in [-0.25, -0.2) is 0 Å². The van der Waals surface area contributed by atoms with Gasteiger partial charge in [-0.1, -0.05) is 36.4 Å². The van der Waals surface area contributed by atoms with Crippen LogP contribution in [0.5, 0.6) is 0 Å². The van der Waals surface area contributed by atoms with Crippen molar-refractivity contribution < 1.29 is 9.90 Å². The Labute approximate surface area is 150 Å². The molecule has 4 rings (SSSR count). The topological polar surface area (TPSA) is 86.6 Å². The van der Waals surface area contributed by atoms with E-state index in [-0.39, 0.29) is 6.42 Å². The zero-order valence-electron chi connectivity index (χ0n) is 14.2. The fourth-order valence-corrected chi connectivity index (χ4v) is 3.24. The van der Waals surface area contributed by atoms with Gasteiger partial charge in [0.15, 0.2) is 5.60 Å². The van der Waals surface area contributed by atoms with E-state index in [4.69, 9.17) is 0 Å². The van der Waals surface area contributed by atoms with Crippen LogP contribution in [0, 0.1) is 0 Å². The third kappa shape index (κ3) is 2.70. The summed E-state index contributed by atoms with van der Waals surface area (Å²) in [5.74, 6) is -0.430. The lowest BCUT2D eigenvalue weighted by atomic mass is 9.90. The third-order valence-electron chi connectivity index (χ3n) is 4.51. The van der Waals surface area contributed by atoms with E-state index in [9.17, 15) is 9.90 Å². The average Bonchev–Trinajstić information content (AvgIpc) is 2.90.